The van der Waals surface area contributed by atoms with Crippen LogP contribution in [0.15, 0.2) is 97.2 Å². The Hall–Kier alpha value is -3.22. The number of aliphatic hydroxyl groups excluding tert-OH is 2. The Bertz CT molecular complexity index is 1260. The maximum absolute atomic E-state index is 13.2. The maximum Gasteiger partial charge on any atom is 0.306 e. The smallest absolute Gasteiger partial charge is 0.306 e. The summed E-state index contributed by atoms with van der Waals surface area (Å²) in [5.41, 5.74) is 0. The van der Waals surface area contributed by atoms with Crippen molar-refractivity contribution in [3.8, 4) is 0 Å². The van der Waals surface area contributed by atoms with E-state index < -0.39 is 18.2 Å². The monoisotopic (exact) mass is 876 g/mol. The van der Waals surface area contributed by atoms with E-state index in [2.05, 4.69) is 68.6 Å². The van der Waals surface area contributed by atoms with Crippen molar-refractivity contribution in [2.24, 2.45) is 0 Å². The van der Waals surface area contributed by atoms with Crippen molar-refractivity contribution < 1.29 is 24.5 Å². The summed E-state index contributed by atoms with van der Waals surface area (Å²) in [5, 5.41) is 23.7. The van der Waals surface area contributed by atoms with Crippen LogP contribution < -0.4 is 5.32 Å². The number of ether oxygens (including phenoxy) is 1. The van der Waals surface area contributed by atoms with Gasteiger partial charge in [0.15, 0.2) is 0 Å². The average molecular weight is 876 g/mol. The number of esters is 1. The summed E-state index contributed by atoms with van der Waals surface area (Å²) in [6, 6.07) is -0.749. The molecule has 3 atom stereocenters. The Morgan fingerprint density at radius 1 is 0.492 bits per heavy atom. The molecule has 0 aliphatic carbocycles. The van der Waals surface area contributed by atoms with Crippen LogP contribution in [0.1, 0.15) is 226 Å². The van der Waals surface area contributed by atoms with Crippen molar-refractivity contribution in [2.75, 3.05) is 6.61 Å². The van der Waals surface area contributed by atoms with Crippen LogP contribution in [-0.4, -0.2) is 46.9 Å². The molecule has 1 amide bonds. The zero-order valence-corrected chi connectivity index (χ0v) is 40.9. The third-order valence-corrected chi connectivity index (χ3v) is 11.3. The molecule has 3 N–H and O–H groups in total. The molecule has 0 aliphatic rings. The standard InChI is InChI=1S/C57H97NO5/c1-4-7-10-13-16-19-22-24-26-27-28-30-32-35-38-41-44-47-50-57(62)63-53(48-45-42-39-36-33-21-18-15-12-9-6-3)51-56(61)58-54(52-59)55(60)49-46-43-40-37-34-31-29-25-23-20-17-14-11-8-5-2/h9,12,15,18,21-22,24,26-28,30,33,36,39,42,45,53-55,59-60H,4-8,10-11,13-14,16-17,19-20,23,25,29,31-32,34-35,37-38,40-41,43-44,46-52H2,1-3H3,(H,58,61)/b12-9+,18-15+,24-22+,27-26+,30-28+,33-21-,39-36-,45-42+. The van der Waals surface area contributed by atoms with Crippen molar-refractivity contribution in [1.29, 1.82) is 0 Å². The van der Waals surface area contributed by atoms with Gasteiger partial charge < -0.3 is 20.3 Å². The van der Waals surface area contributed by atoms with E-state index in [0.717, 1.165) is 70.6 Å². The minimum Gasteiger partial charge on any atom is -0.461 e. The summed E-state index contributed by atoms with van der Waals surface area (Å²) < 4.78 is 5.83. The molecule has 0 bridgehead atoms. The first-order valence-corrected chi connectivity index (χ1v) is 26.1. The van der Waals surface area contributed by atoms with E-state index in [9.17, 15) is 19.8 Å². The van der Waals surface area contributed by atoms with E-state index in [-0.39, 0.29) is 24.9 Å². The highest BCUT2D eigenvalue weighted by molar-refractivity contribution is 5.77. The van der Waals surface area contributed by atoms with Crippen LogP contribution >= 0.6 is 0 Å². The summed E-state index contributed by atoms with van der Waals surface area (Å²) in [6.45, 7) is 6.28. The van der Waals surface area contributed by atoms with E-state index in [1.54, 1.807) is 0 Å². The van der Waals surface area contributed by atoms with E-state index in [4.69, 9.17) is 4.74 Å². The molecule has 0 heterocycles. The molecule has 0 aromatic carbocycles. The molecule has 6 heteroatoms. The minimum absolute atomic E-state index is 0.0317. The minimum atomic E-state index is -0.827. The summed E-state index contributed by atoms with van der Waals surface area (Å²) in [7, 11) is 0. The van der Waals surface area contributed by atoms with E-state index in [1.807, 2.05) is 54.7 Å². The zero-order chi connectivity index (χ0) is 45.9. The lowest BCUT2D eigenvalue weighted by molar-refractivity contribution is -0.150. The van der Waals surface area contributed by atoms with Gasteiger partial charge >= 0.3 is 5.97 Å². The van der Waals surface area contributed by atoms with Crippen LogP contribution in [0.25, 0.3) is 0 Å². The molecular weight excluding hydrogens is 779 g/mol. The molecule has 63 heavy (non-hydrogen) atoms. The number of rotatable bonds is 45. The molecule has 360 valence electrons. The first kappa shape index (κ1) is 59.8. The number of hydrogen-bond donors (Lipinski definition) is 3. The van der Waals surface area contributed by atoms with Gasteiger partial charge in [-0.25, -0.2) is 0 Å². The van der Waals surface area contributed by atoms with E-state index in [1.165, 1.54) is 109 Å². The number of allylic oxidation sites excluding steroid dienone is 15. The van der Waals surface area contributed by atoms with Gasteiger partial charge in [-0.2, -0.15) is 0 Å². The average Bonchev–Trinajstić information content (AvgIpc) is 3.28. The van der Waals surface area contributed by atoms with Crippen molar-refractivity contribution in [1.82, 2.24) is 5.32 Å². The molecule has 6 nitrogen and oxygen atoms in total. The molecule has 0 saturated heterocycles. The van der Waals surface area contributed by atoms with Gasteiger partial charge in [0.05, 0.1) is 25.2 Å². The summed E-state index contributed by atoms with van der Waals surface area (Å²) in [4.78, 5) is 26.1. The van der Waals surface area contributed by atoms with Gasteiger partial charge in [0.2, 0.25) is 5.91 Å². The third-order valence-electron chi connectivity index (χ3n) is 11.3. The highest BCUT2D eigenvalue weighted by Gasteiger charge is 2.23. The second kappa shape index (κ2) is 49.8. The molecule has 0 aromatic heterocycles. The molecule has 0 aromatic rings. The Labute approximate surface area is 388 Å². The van der Waals surface area contributed by atoms with Gasteiger partial charge in [-0.05, 0) is 44.9 Å². The fourth-order valence-corrected chi connectivity index (χ4v) is 7.39. The predicted molar refractivity (Wildman–Crippen MR) is 273 cm³/mol. The van der Waals surface area contributed by atoms with Crippen molar-refractivity contribution >= 4 is 11.9 Å². The maximum atomic E-state index is 13.2. The molecule has 0 rings (SSSR count). The lowest BCUT2D eigenvalue weighted by atomic mass is 10.0. The Kier molecular flexibility index (Phi) is 47.2. The van der Waals surface area contributed by atoms with E-state index >= 15 is 0 Å². The van der Waals surface area contributed by atoms with Crippen molar-refractivity contribution in [3.63, 3.8) is 0 Å². The van der Waals surface area contributed by atoms with Gasteiger partial charge in [0.25, 0.3) is 0 Å². The van der Waals surface area contributed by atoms with Crippen LogP contribution in [0.4, 0.5) is 0 Å². The quantitative estimate of drug-likeness (QED) is 0.0322. The van der Waals surface area contributed by atoms with Gasteiger partial charge in [0, 0.05) is 12.8 Å². The SMILES string of the molecule is CC/C=C/C=C/C=C\C=C/C=C/CC(CC(=O)NC(CO)C(O)CCCCCCCCCCCCCCCCC)OC(=O)CCCCCCC/C=C/C=C/C=C/CCCCCCC. The Morgan fingerprint density at radius 3 is 1.35 bits per heavy atom. The highest BCUT2D eigenvalue weighted by Crippen LogP contribution is 2.16. The number of amides is 1. The highest BCUT2D eigenvalue weighted by atomic mass is 16.5. The molecule has 0 saturated carbocycles. The first-order valence-electron chi connectivity index (χ1n) is 26.1. The molecule has 0 radical (unpaired) electrons. The summed E-state index contributed by atoms with van der Waals surface area (Å²) in [5.74, 6) is -0.636. The first-order chi connectivity index (χ1) is 31.0. The third kappa shape index (κ3) is 45.2. The lowest BCUT2D eigenvalue weighted by Crippen LogP contribution is -2.46. The predicted octanol–water partition coefficient (Wildman–Crippen LogP) is 15.7. The van der Waals surface area contributed by atoms with Crippen LogP contribution in [0.5, 0.6) is 0 Å². The van der Waals surface area contributed by atoms with Crippen LogP contribution in [0, 0.1) is 0 Å². The topological polar surface area (TPSA) is 95.9 Å². The molecular formula is C57H97NO5. The number of carbonyl (C=O) groups is 2. The van der Waals surface area contributed by atoms with Crippen molar-refractivity contribution in [3.05, 3.63) is 97.2 Å². The van der Waals surface area contributed by atoms with Gasteiger partial charge in [-0.1, -0.05) is 259 Å². The summed E-state index contributed by atoms with van der Waals surface area (Å²) >= 11 is 0. The molecule has 0 fully saturated rings. The van der Waals surface area contributed by atoms with Gasteiger partial charge in [-0.15, -0.1) is 0 Å². The van der Waals surface area contributed by atoms with Crippen molar-refractivity contribution in [2.45, 2.75) is 244 Å². The Balaban J connectivity index is 4.66. The fourth-order valence-electron chi connectivity index (χ4n) is 7.39. The molecule has 0 aliphatic heterocycles. The normalized spacial score (nSPS) is 14.0. The van der Waals surface area contributed by atoms with E-state index in [0.29, 0.717) is 19.3 Å². The largest absolute Gasteiger partial charge is 0.461 e. The van der Waals surface area contributed by atoms with Crippen LogP contribution in [0.3, 0.4) is 0 Å². The second-order valence-electron chi connectivity index (χ2n) is 17.4. The lowest BCUT2D eigenvalue weighted by Gasteiger charge is -2.24. The Morgan fingerprint density at radius 2 is 0.889 bits per heavy atom. The molecule has 3 unspecified atom stereocenters. The fraction of sp³-hybridized carbons (Fsp3) is 0.684. The number of unbranched alkanes of at least 4 members (excludes halogenated alkanes) is 24. The second-order valence-corrected chi connectivity index (χ2v) is 17.4. The number of carbonyl (C=O) groups excluding carboxylic acids is 2. The van der Waals surface area contributed by atoms with Crippen LogP contribution in [-0.2, 0) is 14.3 Å². The zero-order valence-electron chi connectivity index (χ0n) is 40.9. The van der Waals surface area contributed by atoms with Crippen LogP contribution in [0.2, 0.25) is 0 Å². The molecule has 0 spiro atoms. The number of aliphatic hydroxyl groups is 2. The van der Waals surface area contributed by atoms with Gasteiger partial charge in [0.1, 0.15) is 6.10 Å². The number of nitrogens with one attached hydrogen (secondary N) is 1. The summed E-state index contributed by atoms with van der Waals surface area (Å²) in [6.07, 6.45) is 66.3. The van der Waals surface area contributed by atoms with Gasteiger partial charge in [-0.3, -0.25) is 9.59 Å². The number of hydrogen-bond acceptors (Lipinski definition) is 5.